The average molecular weight is 541 g/mol. The van der Waals surface area contributed by atoms with E-state index in [4.69, 9.17) is 24.2 Å². The number of fused-ring (bicyclic) bond motifs is 3. The predicted molar refractivity (Wildman–Crippen MR) is 172 cm³/mol. The highest BCUT2D eigenvalue weighted by molar-refractivity contribution is 6.21. The van der Waals surface area contributed by atoms with E-state index in [0.717, 1.165) is 0 Å². The van der Waals surface area contributed by atoms with Gasteiger partial charge in [-0.2, -0.15) is 0 Å². The van der Waals surface area contributed by atoms with Crippen molar-refractivity contribution in [1.29, 1.82) is 0 Å². The zero-order valence-corrected chi connectivity index (χ0v) is 21.0. The fraction of sp³-hybridized carbons (Fsp3) is 0. The van der Waals surface area contributed by atoms with Crippen LogP contribution in [0.25, 0.3) is 71.9 Å². The third-order valence-corrected chi connectivity index (χ3v) is 6.81. The lowest BCUT2D eigenvalue weighted by Crippen LogP contribution is -1.99. The van der Waals surface area contributed by atoms with E-state index in [9.17, 15) is 5.48 Å². The van der Waals surface area contributed by atoms with E-state index in [2.05, 4.69) is 0 Å². The van der Waals surface area contributed by atoms with Crippen LogP contribution in [-0.2, 0) is 0 Å². The highest BCUT2D eigenvalue weighted by Crippen LogP contribution is 2.45. The molecule has 0 aliphatic rings. The van der Waals surface area contributed by atoms with Gasteiger partial charge in [0.2, 0.25) is 0 Å². The number of benzene rings is 7. The minimum absolute atomic E-state index is 0.0996. The lowest BCUT2D eigenvalue weighted by molar-refractivity contribution is 1.11. The Morgan fingerprint density at radius 3 is 1.73 bits per heavy atom. The molecule has 8 rings (SSSR count). The van der Waals surface area contributed by atoms with Gasteiger partial charge in [-0.1, -0.05) is 127 Å². The minimum Gasteiger partial charge on any atom is -0.292 e. The summed E-state index contributed by atoms with van der Waals surface area (Å²) in [4.78, 5) is 4.80. The summed E-state index contributed by atoms with van der Waals surface area (Å²) in [6.45, 7) is 0. The Balaban J connectivity index is 1.66. The molecule has 1 aromatic heterocycles. The second kappa shape index (κ2) is 9.62. The van der Waals surface area contributed by atoms with E-state index in [-0.39, 0.29) is 71.9 Å². The molecule has 0 bridgehead atoms. The zero-order valence-electron chi connectivity index (χ0n) is 39.0. The van der Waals surface area contributed by atoms with Crippen LogP contribution in [0.15, 0.2) is 157 Å². The van der Waals surface area contributed by atoms with Gasteiger partial charge in [-0.05, 0) is 74.1 Å². The van der Waals surface area contributed by atoms with Crippen molar-refractivity contribution >= 4 is 32.6 Å². The summed E-state index contributed by atoms with van der Waals surface area (Å²) in [6.07, 6.45) is 0. The fourth-order valence-corrected chi connectivity index (χ4v) is 5.14. The lowest BCUT2D eigenvalue weighted by atomic mass is 9.87. The SMILES string of the molecule is [2H]c1c([2H])c([2H])c(-c2cccc(-c3c4c([2H])c([2H])c([2H])c([2H])c4c(-c4nc5ccccc5n4-c4c([2H])c([2H])c([2H])c([2H])c4[2H])c4c([2H])c([2H])c([2H])c([2H])c34)c2)c([2H])c1[2H]. The molecule has 0 N–H and O–H groups in total. The molecule has 2 heteroatoms. The number of imidazole rings is 1. The molecular formula is C39H26N2. The molecule has 1 heterocycles. The van der Waals surface area contributed by atoms with Crippen molar-refractivity contribution in [1.82, 2.24) is 9.55 Å². The number of rotatable bonds is 4. The quantitative estimate of drug-likeness (QED) is 0.203. The van der Waals surface area contributed by atoms with Gasteiger partial charge in [-0.25, -0.2) is 4.98 Å². The van der Waals surface area contributed by atoms with Crippen molar-refractivity contribution in [3.05, 3.63) is 157 Å². The maximum absolute atomic E-state index is 9.37. The van der Waals surface area contributed by atoms with Crippen molar-refractivity contribution in [2.24, 2.45) is 0 Å². The van der Waals surface area contributed by atoms with Gasteiger partial charge in [0.15, 0.2) is 0 Å². The zero-order chi connectivity index (χ0) is 42.8. The van der Waals surface area contributed by atoms with Crippen molar-refractivity contribution in [2.75, 3.05) is 0 Å². The number of hydrogen-bond acceptors (Lipinski definition) is 1. The van der Waals surface area contributed by atoms with Gasteiger partial charge in [0.25, 0.3) is 0 Å². The summed E-state index contributed by atoms with van der Waals surface area (Å²) in [5.41, 5.74) is -0.274. The topological polar surface area (TPSA) is 17.8 Å². The highest BCUT2D eigenvalue weighted by Gasteiger charge is 2.22. The van der Waals surface area contributed by atoms with Crippen molar-refractivity contribution in [3.8, 4) is 39.3 Å². The lowest BCUT2D eigenvalue weighted by Gasteiger charge is -2.18. The Morgan fingerprint density at radius 2 is 1.05 bits per heavy atom. The molecule has 0 saturated carbocycles. The van der Waals surface area contributed by atoms with Gasteiger partial charge in [0, 0.05) is 11.3 Å². The normalized spacial score (nSPS) is 17.6. The Hall–Kier alpha value is -5.47. The molecule has 7 aromatic carbocycles. The molecule has 0 atom stereocenters. The van der Waals surface area contributed by atoms with E-state index in [1.807, 2.05) is 0 Å². The summed E-state index contributed by atoms with van der Waals surface area (Å²) in [6, 6.07) is 0.690. The van der Waals surface area contributed by atoms with Gasteiger partial charge in [-0.3, -0.25) is 4.57 Å². The van der Waals surface area contributed by atoms with E-state index in [1.165, 1.54) is 28.8 Å². The molecule has 0 spiro atoms. The molecule has 0 radical (unpaired) electrons. The van der Waals surface area contributed by atoms with E-state index >= 15 is 0 Å². The van der Waals surface area contributed by atoms with Gasteiger partial charge in [0.1, 0.15) is 5.82 Å². The summed E-state index contributed by atoms with van der Waals surface area (Å²) in [5.74, 6) is -0.255. The molecule has 0 unspecified atom stereocenters. The standard InChI is InChI=1S/C39H26N2/c1-3-14-27(15-4-1)28-16-13-17-29(26-28)37-31-20-7-9-22-33(31)38(34-23-10-8-21-32(34)37)39-40-35-24-11-12-25-36(35)41(39)30-18-5-2-6-19-30/h1-26H/i1D,2D,3D,4D,5D,6D,7D,8D,9D,10D,14D,15D,18D,19D,20D,21D,22D,23D. The highest BCUT2D eigenvalue weighted by atomic mass is 15.1. The molecule has 0 aliphatic heterocycles. The van der Waals surface area contributed by atoms with Crippen LogP contribution in [0, 0.1) is 0 Å². The molecule has 0 fully saturated rings. The number of nitrogens with zero attached hydrogens (tertiary/aromatic N) is 2. The van der Waals surface area contributed by atoms with E-state index in [1.54, 1.807) is 24.3 Å². The summed E-state index contributed by atoms with van der Waals surface area (Å²) in [7, 11) is 0. The predicted octanol–water partition coefficient (Wildman–Crippen LogP) is 10.3. The first kappa shape index (κ1) is 11.6. The second-order valence-corrected chi connectivity index (χ2v) is 9.06. The van der Waals surface area contributed by atoms with Crippen LogP contribution < -0.4 is 0 Å². The van der Waals surface area contributed by atoms with Crippen molar-refractivity contribution in [3.63, 3.8) is 0 Å². The monoisotopic (exact) mass is 540 g/mol. The third kappa shape index (κ3) is 3.84. The van der Waals surface area contributed by atoms with Gasteiger partial charge in [0.05, 0.1) is 35.7 Å². The van der Waals surface area contributed by atoms with Gasteiger partial charge < -0.3 is 0 Å². The van der Waals surface area contributed by atoms with Gasteiger partial charge in [-0.15, -0.1) is 0 Å². The van der Waals surface area contributed by atoms with Crippen LogP contribution in [0.2, 0.25) is 0 Å². The molecule has 41 heavy (non-hydrogen) atoms. The summed E-state index contributed by atoms with van der Waals surface area (Å²) < 4.78 is 159. The van der Waals surface area contributed by atoms with Crippen LogP contribution in [0.4, 0.5) is 0 Å². The molecule has 192 valence electrons. The Morgan fingerprint density at radius 1 is 0.488 bits per heavy atom. The maximum atomic E-state index is 9.37. The number of para-hydroxylation sites is 3. The molecule has 2 nitrogen and oxygen atoms in total. The van der Waals surface area contributed by atoms with Crippen molar-refractivity contribution in [2.45, 2.75) is 0 Å². The molecule has 8 aromatic rings. The first-order valence-electron chi connectivity index (χ1n) is 21.5. The Labute approximate surface area is 264 Å². The van der Waals surface area contributed by atoms with Crippen LogP contribution in [0.3, 0.4) is 0 Å². The van der Waals surface area contributed by atoms with E-state index in [0.29, 0.717) is 0 Å². The first-order valence-corrected chi connectivity index (χ1v) is 12.5. The van der Waals surface area contributed by atoms with Gasteiger partial charge >= 0.3 is 0 Å². The largest absolute Gasteiger partial charge is 0.292 e. The molecule has 0 saturated heterocycles. The first-order chi connectivity index (χ1) is 27.8. The second-order valence-electron chi connectivity index (χ2n) is 9.06. The van der Waals surface area contributed by atoms with Crippen LogP contribution in [-0.4, -0.2) is 9.55 Å². The summed E-state index contributed by atoms with van der Waals surface area (Å²) >= 11 is 0. The van der Waals surface area contributed by atoms with Crippen LogP contribution >= 0.6 is 0 Å². The van der Waals surface area contributed by atoms with Crippen molar-refractivity contribution < 1.29 is 24.7 Å². The smallest absolute Gasteiger partial charge is 0.146 e. The molecule has 0 aliphatic carbocycles. The number of hydrogen-bond donors (Lipinski definition) is 0. The molecular weight excluding hydrogens is 496 g/mol. The fourth-order valence-electron chi connectivity index (χ4n) is 5.14. The average Bonchev–Trinajstić information content (AvgIpc) is 3.61. The minimum atomic E-state index is -0.715. The third-order valence-electron chi connectivity index (χ3n) is 6.81. The molecule has 0 amide bonds. The number of aromatic nitrogens is 2. The van der Waals surface area contributed by atoms with Crippen LogP contribution in [0.1, 0.15) is 24.7 Å². The maximum Gasteiger partial charge on any atom is 0.146 e. The Kier molecular flexibility index (Phi) is 2.71. The van der Waals surface area contributed by atoms with Crippen LogP contribution in [0.5, 0.6) is 0 Å². The van der Waals surface area contributed by atoms with E-state index < -0.39 is 109 Å². The summed E-state index contributed by atoms with van der Waals surface area (Å²) in [5, 5.41) is -1.02. The Bertz CT molecular complexity index is 3070.